The molecule has 134 valence electrons. The van der Waals surface area contributed by atoms with Crippen LogP contribution < -0.4 is 11.1 Å². The summed E-state index contributed by atoms with van der Waals surface area (Å²) in [5, 5.41) is 3.45. The molecule has 0 aliphatic rings. The summed E-state index contributed by atoms with van der Waals surface area (Å²) in [6.45, 7) is 12.5. The highest BCUT2D eigenvalue weighted by atomic mass is 28.4. The topological polar surface area (TPSA) is 65.7 Å². The molecule has 22 heavy (non-hydrogen) atoms. The van der Waals surface area contributed by atoms with E-state index < -0.39 is 8.80 Å². The summed E-state index contributed by atoms with van der Waals surface area (Å²) in [6, 6.07) is 0. The first-order valence-corrected chi connectivity index (χ1v) is 10.8. The van der Waals surface area contributed by atoms with Gasteiger partial charge in [-0.05, 0) is 32.6 Å². The van der Waals surface area contributed by atoms with Gasteiger partial charge in [-0.1, -0.05) is 40.5 Å². The summed E-state index contributed by atoms with van der Waals surface area (Å²) in [7, 11) is -2.78. The highest BCUT2D eigenvalue weighted by molar-refractivity contribution is 6.62. The van der Waals surface area contributed by atoms with E-state index >= 15 is 0 Å². The highest BCUT2D eigenvalue weighted by Gasteiger charge is 2.49. The Bertz CT molecular complexity index is 234. The third-order valence-electron chi connectivity index (χ3n) is 3.26. The molecule has 0 aliphatic heterocycles. The maximum atomic E-state index is 6.22. The average Bonchev–Trinajstić information content (AvgIpc) is 2.51. The molecule has 5 nitrogen and oxygen atoms in total. The molecule has 0 heterocycles. The highest BCUT2D eigenvalue weighted by Crippen LogP contribution is 2.21. The zero-order valence-corrected chi connectivity index (χ0v) is 16.3. The van der Waals surface area contributed by atoms with Crippen LogP contribution in [-0.4, -0.2) is 40.5 Å². The van der Waals surface area contributed by atoms with E-state index in [0.29, 0.717) is 19.8 Å². The van der Waals surface area contributed by atoms with Gasteiger partial charge in [0.2, 0.25) is 0 Å². The first-order valence-electron chi connectivity index (χ1n) is 8.99. The number of nitrogens with two attached hydrogens (primary N) is 1. The van der Waals surface area contributed by atoms with Gasteiger partial charge in [-0.15, -0.1) is 0 Å². The Kier molecular flexibility index (Phi) is 13.5. The van der Waals surface area contributed by atoms with Gasteiger partial charge in [-0.3, -0.25) is 5.32 Å². The van der Waals surface area contributed by atoms with Gasteiger partial charge in [0, 0.05) is 19.8 Å². The third-order valence-corrected chi connectivity index (χ3v) is 6.39. The fraction of sp³-hybridized carbons (Fsp3) is 1.00. The minimum absolute atomic E-state index is 0.0668. The minimum atomic E-state index is -2.78. The Labute approximate surface area is 138 Å². The van der Waals surface area contributed by atoms with Gasteiger partial charge in [0.1, 0.15) is 0 Å². The lowest BCUT2D eigenvalue weighted by Crippen LogP contribution is -2.64. The molecule has 0 amide bonds. The molecule has 2 unspecified atom stereocenters. The van der Waals surface area contributed by atoms with Crippen LogP contribution >= 0.6 is 0 Å². The summed E-state index contributed by atoms with van der Waals surface area (Å²) in [4.78, 5) is 0. The lowest BCUT2D eigenvalue weighted by Gasteiger charge is -2.37. The molecule has 0 aromatic rings. The largest absolute Gasteiger partial charge is 0.518 e. The van der Waals surface area contributed by atoms with Crippen LogP contribution in [-0.2, 0) is 13.3 Å². The first-order chi connectivity index (χ1) is 10.6. The number of hydrogen-bond donors (Lipinski definition) is 2. The van der Waals surface area contributed by atoms with Gasteiger partial charge < -0.3 is 19.0 Å². The Hall–Kier alpha value is 0.0169. The van der Waals surface area contributed by atoms with E-state index in [1.165, 1.54) is 0 Å². The standard InChI is InChI=1S/C16H38N2O3Si/c1-6-10-11-16(18-15(5)17)22(19-12-7-2,20-13-8-3)21-14-9-4/h15-16,18H,6-14,17H2,1-5H3. The summed E-state index contributed by atoms with van der Waals surface area (Å²) in [5.74, 6) is 0. The van der Waals surface area contributed by atoms with Gasteiger partial charge in [0.05, 0.1) is 11.8 Å². The van der Waals surface area contributed by atoms with Crippen LogP contribution in [0.25, 0.3) is 0 Å². The van der Waals surface area contributed by atoms with Crippen molar-refractivity contribution < 1.29 is 13.3 Å². The zero-order chi connectivity index (χ0) is 16.8. The van der Waals surface area contributed by atoms with Crippen LogP contribution in [0.15, 0.2) is 0 Å². The van der Waals surface area contributed by atoms with E-state index in [1.54, 1.807) is 0 Å². The molecule has 0 aromatic carbocycles. The minimum Gasteiger partial charge on any atom is -0.373 e. The maximum absolute atomic E-state index is 6.22. The second kappa shape index (κ2) is 13.5. The van der Waals surface area contributed by atoms with Crippen LogP contribution in [0.1, 0.15) is 73.1 Å². The smallest absolute Gasteiger partial charge is 0.373 e. The van der Waals surface area contributed by atoms with Gasteiger partial charge in [0.25, 0.3) is 0 Å². The van der Waals surface area contributed by atoms with Crippen LogP contribution in [0.5, 0.6) is 0 Å². The van der Waals surface area contributed by atoms with Gasteiger partial charge >= 0.3 is 8.80 Å². The summed E-state index contributed by atoms with van der Waals surface area (Å²) in [6.07, 6.45) is 5.99. The van der Waals surface area contributed by atoms with Crippen molar-refractivity contribution in [3.05, 3.63) is 0 Å². The van der Waals surface area contributed by atoms with Gasteiger partial charge in [-0.2, -0.15) is 0 Å². The lowest BCUT2D eigenvalue weighted by molar-refractivity contribution is 0.0441. The quantitative estimate of drug-likeness (QED) is 0.356. The van der Waals surface area contributed by atoms with Crippen molar-refractivity contribution in [3.63, 3.8) is 0 Å². The fourth-order valence-electron chi connectivity index (χ4n) is 2.25. The SMILES string of the molecule is CCCCC(NC(C)N)[Si](OCCC)(OCCC)OCCC. The van der Waals surface area contributed by atoms with E-state index in [4.69, 9.17) is 19.0 Å². The predicted molar refractivity (Wildman–Crippen MR) is 94.6 cm³/mol. The molecule has 0 saturated heterocycles. The van der Waals surface area contributed by atoms with E-state index in [1.807, 2.05) is 6.92 Å². The van der Waals surface area contributed by atoms with Crippen LogP contribution in [0.4, 0.5) is 0 Å². The van der Waals surface area contributed by atoms with Crippen molar-refractivity contribution >= 4 is 8.80 Å². The van der Waals surface area contributed by atoms with Crippen molar-refractivity contribution in [3.8, 4) is 0 Å². The van der Waals surface area contributed by atoms with Crippen LogP contribution in [0, 0.1) is 0 Å². The van der Waals surface area contributed by atoms with Crippen LogP contribution in [0.2, 0.25) is 0 Å². The zero-order valence-electron chi connectivity index (χ0n) is 15.3. The van der Waals surface area contributed by atoms with Gasteiger partial charge in [-0.25, -0.2) is 0 Å². The fourth-order valence-corrected chi connectivity index (χ4v) is 5.59. The van der Waals surface area contributed by atoms with E-state index in [9.17, 15) is 0 Å². The molecule has 0 fully saturated rings. The second-order valence-corrected chi connectivity index (χ2v) is 8.57. The van der Waals surface area contributed by atoms with Crippen molar-refractivity contribution in [1.82, 2.24) is 5.32 Å². The molecule has 0 aromatic heterocycles. The number of unbranched alkanes of at least 4 members (excludes halogenated alkanes) is 1. The predicted octanol–water partition coefficient (Wildman–Crippen LogP) is 3.20. The maximum Gasteiger partial charge on any atom is 0.518 e. The Morgan fingerprint density at radius 1 is 0.864 bits per heavy atom. The van der Waals surface area contributed by atoms with E-state index in [2.05, 4.69) is 33.0 Å². The lowest BCUT2D eigenvalue weighted by atomic mass is 10.2. The molecule has 0 aliphatic carbocycles. The Balaban J connectivity index is 5.23. The van der Waals surface area contributed by atoms with Crippen molar-refractivity contribution in [2.24, 2.45) is 5.73 Å². The van der Waals surface area contributed by atoms with E-state index in [-0.39, 0.29) is 11.8 Å². The third kappa shape index (κ3) is 8.60. The molecule has 0 bridgehead atoms. The second-order valence-electron chi connectivity index (χ2n) is 5.80. The molecule has 0 spiro atoms. The molecule has 0 radical (unpaired) electrons. The summed E-state index contributed by atoms with van der Waals surface area (Å²) < 4.78 is 18.7. The molecule has 0 rings (SSSR count). The molecular formula is C16H38N2O3Si. The average molecular weight is 335 g/mol. The molecule has 3 N–H and O–H groups in total. The van der Waals surface area contributed by atoms with Crippen LogP contribution in [0.3, 0.4) is 0 Å². The van der Waals surface area contributed by atoms with E-state index in [0.717, 1.165) is 38.5 Å². The summed E-state index contributed by atoms with van der Waals surface area (Å²) >= 11 is 0. The number of rotatable bonds is 15. The van der Waals surface area contributed by atoms with Gasteiger partial charge in [0.15, 0.2) is 0 Å². The Morgan fingerprint density at radius 2 is 1.32 bits per heavy atom. The summed E-state index contributed by atoms with van der Waals surface area (Å²) in [5.41, 5.74) is 6.06. The molecule has 2 atom stereocenters. The van der Waals surface area contributed by atoms with Crippen molar-refractivity contribution in [1.29, 1.82) is 0 Å². The Morgan fingerprint density at radius 3 is 1.64 bits per heavy atom. The normalized spacial score (nSPS) is 15.0. The van der Waals surface area contributed by atoms with Crippen molar-refractivity contribution in [2.75, 3.05) is 19.8 Å². The monoisotopic (exact) mass is 334 g/mol. The van der Waals surface area contributed by atoms with Crippen molar-refractivity contribution in [2.45, 2.75) is 85.0 Å². The molecule has 0 saturated carbocycles. The number of nitrogens with one attached hydrogen (secondary N) is 1. The molecule has 6 heteroatoms. The first kappa shape index (κ1) is 22.0. The number of hydrogen-bond acceptors (Lipinski definition) is 5. The molecular weight excluding hydrogens is 296 g/mol.